The molecule has 3 heterocycles. The molecule has 0 N–H and O–H groups in total. The molecule has 4 aromatic rings. The molecule has 2 aromatic heterocycles. The molecule has 0 aliphatic carbocycles. The Labute approximate surface area is 163 Å². The highest BCUT2D eigenvalue weighted by molar-refractivity contribution is 7.12. The van der Waals surface area contributed by atoms with Crippen LogP contribution in [0.15, 0.2) is 60.0 Å². The van der Waals surface area contributed by atoms with Gasteiger partial charge in [0.15, 0.2) is 0 Å². The van der Waals surface area contributed by atoms with Crippen LogP contribution in [0.25, 0.3) is 26.8 Å². The maximum atomic E-state index is 6.26. The molecule has 0 spiro atoms. The minimum absolute atomic E-state index is 0.336. The molecular formula is C22H22BNO2S. The minimum atomic E-state index is -0.344. The molecule has 0 atom stereocenters. The second kappa shape index (κ2) is 5.71. The lowest BCUT2D eigenvalue weighted by Crippen LogP contribution is -2.41. The van der Waals surface area contributed by atoms with Crippen LogP contribution in [0.5, 0.6) is 0 Å². The van der Waals surface area contributed by atoms with Crippen LogP contribution in [-0.2, 0) is 9.31 Å². The summed E-state index contributed by atoms with van der Waals surface area (Å²) >= 11 is 1.75. The Balaban J connectivity index is 1.71. The van der Waals surface area contributed by atoms with Crippen LogP contribution in [0, 0.1) is 0 Å². The summed E-state index contributed by atoms with van der Waals surface area (Å²) in [6.45, 7) is 8.37. The van der Waals surface area contributed by atoms with Gasteiger partial charge in [-0.3, -0.25) is 0 Å². The van der Waals surface area contributed by atoms with E-state index in [2.05, 4.69) is 92.2 Å². The predicted molar refractivity (Wildman–Crippen MR) is 114 cm³/mol. The Morgan fingerprint density at radius 3 is 2.22 bits per heavy atom. The van der Waals surface area contributed by atoms with Crippen LogP contribution in [0.2, 0.25) is 0 Å². The van der Waals surface area contributed by atoms with Gasteiger partial charge in [-0.05, 0) is 62.8 Å². The molecule has 27 heavy (non-hydrogen) atoms. The largest absolute Gasteiger partial charge is 0.494 e. The highest BCUT2D eigenvalue weighted by atomic mass is 32.1. The Bertz CT molecular complexity index is 1130. The van der Waals surface area contributed by atoms with Gasteiger partial charge in [0.2, 0.25) is 0 Å². The molecule has 0 bridgehead atoms. The van der Waals surface area contributed by atoms with Crippen molar-refractivity contribution >= 4 is 45.7 Å². The van der Waals surface area contributed by atoms with Crippen LogP contribution >= 0.6 is 11.3 Å². The van der Waals surface area contributed by atoms with Gasteiger partial charge in [0.1, 0.15) is 0 Å². The molecule has 0 amide bonds. The van der Waals surface area contributed by atoms with E-state index < -0.39 is 0 Å². The van der Waals surface area contributed by atoms with Crippen molar-refractivity contribution in [2.24, 2.45) is 0 Å². The van der Waals surface area contributed by atoms with Gasteiger partial charge in [-0.15, -0.1) is 11.3 Å². The lowest BCUT2D eigenvalue weighted by atomic mass is 9.78. The molecule has 0 unspecified atom stereocenters. The van der Waals surface area contributed by atoms with Crippen LogP contribution in [0.1, 0.15) is 27.7 Å². The van der Waals surface area contributed by atoms with Crippen LogP contribution in [0.4, 0.5) is 0 Å². The topological polar surface area (TPSA) is 23.4 Å². The fraction of sp³-hybridized carbons (Fsp3) is 0.273. The SMILES string of the molecule is CC1(C)OB(c2ccc3c(c2)c2ccccc2n3-c2cccs2)OC1(C)C. The summed E-state index contributed by atoms with van der Waals surface area (Å²) in [6.07, 6.45) is 0. The number of nitrogens with zero attached hydrogens (tertiary/aromatic N) is 1. The third kappa shape index (κ3) is 2.49. The molecule has 3 nitrogen and oxygen atoms in total. The van der Waals surface area contributed by atoms with Crippen molar-refractivity contribution in [3.63, 3.8) is 0 Å². The van der Waals surface area contributed by atoms with Crippen molar-refractivity contribution in [2.45, 2.75) is 38.9 Å². The Morgan fingerprint density at radius 1 is 0.815 bits per heavy atom. The second-order valence-corrected chi connectivity index (χ2v) is 9.09. The first kappa shape index (κ1) is 17.1. The number of hydrogen-bond donors (Lipinski definition) is 0. The van der Waals surface area contributed by atoms with Crippen molar-refractivity contribution in [1.29, 1.82) is 0 Å². The molecular weight excluding hydrogens is 353 g/mol. The highest BCUT2D eigenvalue weighted by Crippen LogP contribution is 2.37. The summed E-state index contributed by atoms with van der Waals surface area (Å²) < 4.78 is 14.9. The first-order valence-corrected chi connectivity index (χ1v) is 10.2. The zero-order valence-corrected chi connectivity index (χ0v) is 16.8. The fourth-order valence-electron chi connectivity index (χ4n) is 3.75. The van der Waals surface area contributed by atoms with E-state index in [1.807, 2.05) is 0 Å². The van der Waals surface area contributed by atoms with Crippen molar-refractivity contribution in [2.75, 3.05) is 0 Å². The van der Waals surface area contributed by atoms with Crippen LogP contribution in [-0.4, -0.2) is 22.9 Å². The number of para-hydroxylation sites is 1. The smallest absolute Gasteiger partial charge is 0.399 e. The molecule has 136 valence electrons. The third-order valence-corrected chi connectivity index (χ3v) is 6.80. The summed E-state index contributed by atoms with van der Waals surface area (Å²) in [5.74, 6) is 0. The molecule has 1 aliphatic rings. The first-order valence-electron chi connectivity index (χ1n) is 9.30. The summed E-state index contributed by atoms with van der Waals surface area (Å²) in [5.41, 5.74) is 2.82. The van der Waals surface area contributed by atoms with E-state index in [4.69, 9.17) is 9.31 Å². The monoisotopic (exact) mass is 375 g/mol. The molecule has 0 saturated carbocycles. The van der Waals surface area contributed by atoms with Crippen LogP contribution < -0.4 is 5.46 Å². The number of thiophene rings is 1. The van der Waals surface area contributed by atoms with Gasteiger partial charge in [-0.25, -0.2) is 0 Å². The Kier molecular flexibility index (Phi) is 3.61. The van der Waals surface area contributed by atoms with Crippen molar-refractivity contribution < 1.29 is 9.31 Å². The second-order valence-electron chi connectivity index (χ2n) is 8.17. The first-order chi connectivity index (χ1) is 12.9. The molecule has 0 radical (unpaired) electrons. The molecule has 1 saturated heterocycles. The van der Waals surface area contributed by atoms with Gasteiger partial charge in [-0.2, -0.15) is 0 Å². The van der Waals surface area contributed by atoms with E-state index in [0.717, 1.165) is 5.46 Å². The molecule has 1 fully saturated rings. The molecule has 5 heteroatoms. The van der Waals surface area contributed by atoms with E-state index in [0.29, 0.717) is 0 Å². The van der Waals surface area contributed by atoms with Gasteiger partial charge < -0.3 is 13.9 Å². The number of rotatable bonds is 2. The summed E-state index contributed by atoms with van der Waals surface area (Å²) in [5, 5.41) is 5.82. The van der Waals surface area contributed by atoms with Gasteiger partial charge >= 0.3 is 7.12 Å². The van der Waals surface area contributed by atoms with E-state index >= 15 is 0 Å². The Morgan fingerprint density at radius 2 is 1.52 bits per heavy atom. The fourth-order valence-corrected chi connectivity index (χ4v) is 4.51. The van der Waals surface area contributed by atoms with Gasteiger partial charge in [0.05, 0.1) is 27.2 Å². The van der Waals surface area contributed by atoms with Gasteiger partial charge in [-0.1, -0.05) is 30.3 Å². The van der Waals surface area contributed by atoms with E-state index in [-0.39, 0.29) is 18.3 Å². The summed E-state index contributed by atoms with van der Waals surface area (Å²) in [4.78, 5) is 0. The lowest BCUT2D eigenvalue weighted by molar-refractivity contribution is 0.00578. The maximum Gasteiger partial charge on any atom is 0.494 e. The quantitative estimate of drug-likeness (QED) is 0.453. The van der Waals surface area contributed by atoms with E-state index in [9.17, 15) is 0 Å². The van der Waals surface area contributed by atoms with Gasteiger partial charge in [0, 0.05) is 10.8 Å². The standard InChI is InChI=1S/C22H22BNO2S/c1-21(2)22(3,4)26-23(25-21)15-11-12-19-17(14-15)16-8-5-6-9-18(16)24(19)20-10-7-13-27-20/h5-14H,1-4H3. The van der Waals surface area contributed by atoms with E-state index in [1.165, 1.54) is 26.8 Å². The highest BCUT2D eigenvalue weighted by Gasteiger charge is 2.51. The number of benzene rings is 2. The number of hydrogen-bond acceptors (Lipinski definition) is 3. The zero-order valence-electron chi connectivity index (χ0n) is 16.0. The van der Waals surface area contributed by atoms with Crippen LogP contribution in [0.3, 0.4) is 0 Å². The van der Waals surface area contributed by atoms with Gasteiger partial charge in [0.25, 0.3) is 0 Å². The third-order valence-electron chi connectivity index (χ3n) is 5.95. The van der Waals surface area contributed by atoms with Crippen molar-refractivity contribution in [3.05, 3.63) is 60.0 Å². The van der Waals surface area contributed by atoms with Crippen molar-refractivity contribution in [3.8, 4) is 5.00 Å². The summed E-state index contributed by atoms with van der Waals surface area (Å²) in [7, 11) is -0.344. The predicted octanol–water partition coefficient (Wildman–Crippen LogP) is 5.14. The average molecular weight is 375 g/mol. The normalized spacial score (nSPS) is 18.6. The average Bonchev–Trinajstić information content (AvgIpc) is 3.30. The van der Waals surface area contributed by atoms with Crippen molar-refractivity contribution in [1.82, 2.24) is 4.57 Å². The molecule has 2 aromatic carbocycles. The minimum Gasteiger partial charge on any atom is -0.399 e. The lowest BCUT2D eigenvalue weighted by Gasteiger charge is -2.32. The maximum absolute atomic E-state index is 6.26. The summed E-state index contributed by atoms with van der Waals surface area (Å²) in [6, 6.07) is 19.4. The molecule has 5 rings (SSSR count). The van der Waals surface area contributed by atoms with E-state index in [1.54, 1.807) is 11.3 Å². The number of fused-ring (bicyclic) bond motifs is 3. The molecule has 1 aliphatic heterocycles. The Hall–Kier alpha value is -2.08. The number of aromatic nitrogens is 1. The zero-order chi connectivity index (χ0) is 18.8.